The lowest BCUT2D eigenvalue weighted by Crippen LogP contribution is -2.19. The van der Waals surface area contributed by atoms with E-state index >= 15 is 0 Å². The highest BCUT2D eigenvalue weighted by Gasteiger charge is 2.16. The molecule has 146 valence electrons. The molecule has 1 N–H and O–H groups in total. The highest BCUT2D eigenvalue weighted by atomic mass is 35.5. The molecule has 0 radical (unpaired) electrons. The molecular formula is C19H13ClN4O5. The molecule has 0 saturated carbocycles. The Labute approximate surface area is 169 Å². The number of pyridine rings is 1. The summed E-state index contributed by atoms with van der Waals surface area (Å²) in [6.07, 6.45) is 1.33. The van der Waals surface area contributed by atoms with Gasteiger partial charge in [-0.15, -0.1) is 0 Å². The summed E-state index contributed by atoms with van der Waals surface area (Å²) in [5.41, 5.74) is 3.96. The molecule has 1 aliphatic heterocycles. The highest BCUT2D eigenvalue weighted by molar-refractivity contribution is 6.32. The molecule has 2 heterocycles. The van der Waals surface area contributed by atoms with Gasteiger partial charge in [0.25, 0.3) is 5.69 Å². The van der Waals surface area contributed by atoms with Crippen molar-refractivity contribution in [2.45, 2.75) is 6.42 Å². The lowest BCUT2D eigenvalue weighted by Gasteiger charge is -2.04. The number of rotatable bonds is 5. The molecule has 0 spiro atoms. The quantitative estimate of drug-likeness (QED) is 0.297. The molecule has 1 aliphatic rings. The van der Waals surface area contributed by atoms with Gasteiger partial charge in [-0.1, -0.05) is 23.7 Å². The summed E-state index contributed by atoms with van der Waals surface area (Å²) in [7, 11) is 0. The van der Waals surface area contributed by atoms with E-state index in [2.05, 4.69) is 15.5 Å². The van der Waals surface area contributed by atoms with Gasteiger partial charge < -0.3 is 9.47 Å². The van der Waals surface area contributed by atoms with Gasteiger partial charge in [0.2, 0.25) is 12.7 Å². The third-order valence-electron chi connectivity index (χ3n) is 4.17. The molecule has 0 saturated heterocycles. The fourth-order valence-electron chi connectivity index (χ4n) is 2.83. The summed E-state index contributed by atoms with van der Waals surface area (Å²) < 4.78 is 10.7. The van der Waals surface area contributed by atoms with Gasteiger partial charge in [0.1, 0.15) is 5.15 Å². The van der Waals surface area contributed by atoms with E-state index in [1.54, 1.807) is 24.3 Å². The van der Waals surface area contributed by atoms with E-state index in [0.717, 1.165) is 5.39 Å². The third-order valence-corrected chi connectivity index (χ3v) is 4.47. The number of hydrogen-bond acceptors (Lipinski definition) is 7. The van der Waals surface area contributed by atoms with Gasteiger partial charge in [0.15, 0.2) is 11.5 Å². The van der Waals surface area contributed by atoms with Crippen LogP contribution in [0.4, 0.5) is 5.69 Å². The molecule has 2 aromatic carbocycles. The van der Waals surface area contributed by atoms with Gasteiger partial charge >= 0.3 is 0 Å². The average Bonchev–Trinajstić information content (AvgIpc) is 3.14. The Kier molecular flexibility index (Phi) is 4.96. The second-order valence-corrected chi connectivity index (χ2v) is 6.52. The summed E-state index contributed by atoms with van der Waals surface area (Å²) >= 11 is 6.20. The van der Waals surface area contributed by atoms with E-state index in [0.29, 0.717) is 28.1 Å². The smallest absolute Gasteiger partial charge is 0.269 e. The van der Waals surface area contributed by atoms with Crippen LogP contribution in [-0.4, -0.2) is 28.8 Å². The molecule has 0 unspecified atom stereocenters. The summed E-state index contributed by atoms with van der Waals surface area (Å²) in [6, 6.07) is 11.2. The number of nitrogens with one attached hydrogen (secondary N) is 1. The highest BCUT2D eigenvalue weighted by Crippen LogP contribution is 2.36. The summed E-state index contributed by atoms with van der Waals surface area (Å²) in [4.78, 5) is 26.6. The Balaban J connectivity index is 1.46. The number of nitro groups is 1. The number of ether oxygens (including phenoxy) is 2. The number of hydrogen-bond donors (Lipinski definition) is 1. The van der Waals surface area contributed by atoms with Gasteiger partial charge in [0, 0.05) is 29.1 Å². The standard InChI is InChI=1S/C19H13ClN4O5/c20-19-13(6-12-7-16-17(29-10-28-16)8-15(12)22-19)9-21-23-18(25)5-11-2-1-3-14(4-11)24(26)27/h1-4,6-9H,5,10H2,(H,23,25)/b21-9+. The summed E-state index contributed by atoms with van der Waals surface area (Å²) in [5.74, 6) is 0.806. The normalized spacial score (nSPS) is 12.4. The molecule has 0 aliphatic carbocycles. The molecule has 29 heavy (non-hydrogen) atoms. The Bertz CT molecular complexity index is 1160. The molecule has 0 atom stereocenters. The Morgan fingerprint density at radius 1 is 1.28 bits per heavy atom. The molecule has 0 bridgehead atoms. The topological polar surface area (TPSA) is 116 Å². The number of carbonyl (C=O) groups is 1. The van der Waals surface area contributed by atoms with Crippen LogP contribution >= 0.6 is 11.6 Å². The number of nitrogens with zero attached hydrogens (tertiary/aromatic N) is 3. The molecule has 0 fully saturated rings. The molecular weight excluding hydrogens is 400 g/mol. The van der Waals surface area contributed by atoms with E-state index in [9.17, 15) is 14.9 Å². The van der Waals surface area contributed by atoms with E-state index in [1.807, 2.05) is 0 Å². The fourth-order valence-corrected chi connectivity index (χ4v) is 3.02. The Morgan fingerprint density at radius 2 is 2.07 bits per heavy atom. The number of halogens is 1. The van der Waals surface area contributed by atoms with Crippen molar-refractivity contribution in [1.82, 2.24) is 10.4 Å². The van der Waals surface area contributed by atoms with Crippen LogP contribution < -0.4 is 14.9 Å². The van der Waals surface area contributed by atoms with E-state index < -0.39 is 10.8 Å². The van der Waals surface area contributed by atoms with Crippen LogP contribution in [0.15, 0.2) is 47.6 Å². The predicted octanol–water partition coefficient (Wildman–Crippen LogP) is 3.22. The number of aromatic nitrogens is 1. The lowest BCUT2D eigenvalue weighted by molar-refractivity contribution is -0.384. The molecule has 1 aromatic heterocycles. The first-order valence-electron chi connectivity index (χ1n) is 8.45. The lowest BCUT2D eigenvalue weighted by atomic mass is 10.1. The fraction of sp³-hybridized carbons (Fsp3) is 0.105. The second kappa shape index (κ2) is 7.72. The van der Waals surface area contributed by atoms with Crippen LogP contribution in [0.1, 0.15) is 11.1 Å². The average molecular weight is 413 g/mol. The van der Waals surface area contributed by atoms with Crippen molar-refractivity contribution in [3.05, 3.63) is 68.9 Å². The number of benzene rings is 2. The molecule has 10 heteroatoms. The zero-order valence-electron chi connectivity index (χ0n) is 14.8. The number of nitro benzene ring substituents is 1. The van der Waals surface area contributed by atoms with Crippen molar-refractivity contribution < 1.29 is 19.2 Å². The van der Waals surface area contributed by atoms with E-state index in [4.69, 9.17) is 21.1 Å². The molecule has 4 rings (SSSR count). The first-order valence-corrected chi connectivity index (χ1v) is 8.82. The zero-order chi connectivity index (χ0) is 20.4. The van der Waals surface area contributed by atoms with Crippen LogP contribution in [0.2, 0.25) is 5.15 Å². The van der Waals surface area contributed by atoms with Crippen molar-refractivity contribution >= 4 is 40.3 Å². The number of hydrazone groups is 1. The SMILES string of the molecule is O=C(Cc1cccc([N+](=O)[O-])c1)N/N=C/c1cc2cc3c(cc2nc1Cl)OCO3. The van der Waals surface area contributed by atoms with E-state index in [-0.39, 0.29) is 24.1 Å². The monoisotopic (exact) mass is 412 g/mol. The number of carbonyl (C=O) groups excluding carboxylic acids is 1. The van der Waals surface area contributed by atoms with Crippen LogP contribution in [-0.2, 0) is 11.2 Å². The minimum absolute atomic E-state index is 0.0494. The maximum atomic E-state index is 12.0. The largest absolute Gasteiger partial charge is 0.454 e. The molecule has 3 aromatic rings. The van der Waals surface area contributed by atoms with Crippen LogP contribution in [0.5, 0.6) is 11.5 Å². The maximum absolute atomic E-state index is 12.0. The van der Waals surface area contributed by atoms with Crippen LogP contribution in [0, 0.1) is 10.1 Å². The number of amides is 1. The summed E-state index contributed by atoms with van der Waals surface area (Å²) in [5, 5.41) is 15.7. The van der Waals surface area contributed by atoms with Crippen LogP contribution in [0.25, 0.3) is 10.9 Å². The first-order chi connectivity index (χ1) is 14.0. The van der Waals surface area contributed by atoms with Gasteiger partial charge in [-0.05, 0) is 17.7 Å². The first kappa shape index (κ1) is 18.6. The predicted molar refractivity (Wildman–Crippen MR) is 105 cm³/mol. The van der Waals surface area contributed by atoms with Gasteiger partial charge in [-0.25, -0.2) is 10.4 Å². The van der Waals surface area contributed by atoms with Gasteiger partial charge in [-0.3, -0.25) is 14.9 Å². The minimum Gasteiger partial charge on any atom is -0.454 e. The summed E-state index contributed by atoms with van der Waals surface area (Å²) in [6.45, 7) is 0.157. The van der Waals surface area contributed by atoms with Crippen molar-refractivity contribution in [3.63, 3.8) is 0 Å². The van der Waals surface area contributed by atoms with E-state index in [1.165, 1.54) is 24.4 Å². The minimum atomic E-state index is -0.513. The molecule has 9 nitrogen and oxygen atoms in total. The van der Waals surface area contributed by atoms with Gasteiger partial charge in [0.05, 0.1) is 23.1 Å². The Morgan fingerprint density at radius 3 is 2.86 bits per heavy atom. The van der Waals surface area contributed by atoms with Crippen molar-refractivity contribution in [2.75, 3.05) is 6.79 Å². The number of fused-ring (bicyclic) bond motifs is 2. The van der Waals surface area contributed by atoms with Gasteiger partial charge in [-0.2, -0.15) is 5.10 Å². The van der Waals surface area contributed by atoms with Crippen molar-refractivity contribution in [2.24, 2.45) is 5.10 Å². The molecule has 1 amide bonds. The Hall–Kier alpha value is -3.72. The zero-order valence-corrected chi connectivity index (χ0v) is 15.5. The third kappa shape index (κ3) is 4.09. The van der Waals surface area contributed by atoms with Crippen LogP contribution in [0.3, 0.4) is 0 Å². The van der Waals surface area contributed by atoms with Crippen molar-refractivity contribution in [3.8, 4) is 11.5 Å². The maximum Gasteiger partial charge on any atom is 0.269 e. The number of non-ortho nitro benzene ring substituents is 1. The second-order valence-electron chi connectivity index (χ2n) is 6.16. The van der Waals surface area contributed by atoms with Crippen molar-refractivity contribution in [1.29, 1.82) is 0 Å².